The fraction of sp³-hybridized carbons (Fsp3) is 0.190. The molecule has 0 fully saturated rings. The van der Waals surface area contributed by atoms with Crippen LogP contribution in [0.3, 0.4) is 0 Å². The predicted molar refractivity (Wildman–Crippen MR) is 103 cm³/mol. The summed E-state index contributed by atoms with van der Waals surface area (Å²) in [6.07, 6.45) is 1.75. The number of benzene rings is 2. The molecule has 0 amide bonds. The second kappa shape index (κ2) is 7.45. The molecular formula is C21H20N4O2. The Bertz CT molecular complexity index is 1030. The van der Waals surface area contributed by atoms with Crippen molar-refractivity contribution in [1.29, 1.82) is 0 Å². The van der Waals surface area contributed by atoms with Crippen LogP contribution in [-0.2, 0) is 6.61 Å². The van der Waals surface area contributed by atoms with Gasteiger partial charge in [-0.05, 0) is 31.5 Å². The minimum absolute atomic E-state index is 0.205. The third kappa shape index (κ3) is 3.74. The van der Waals surface area contributed by atoms with E-state index in [4.69, 9.17) is 9.47 Å². The first-order valence-electron chi connectivity index (χ1n) is 8.85. The SMILES string of the molecule is CC(C)n1cnc2c(Oc3ccccc3)nc(OCc3ccccc3)nc21. The van der Waals surface area contributed by atoms with Gasteiger partial charge in [-0.2, -0.15) is 9.97 Å². The van der Waals surface area contributed by atoms with Crippen LogP contribution < -0.4 is 9.47 Å². The van der Waals surface area contributed by atoms with Gasteiger partial charge >= 0.3 is 6.01 Å². The topological polar surface area (TPSA) is 62.1 Å². The van der Waals surface area contributed by atoms with E-state index in [-0.39, 0.29) is 12.1 Å². The summed E-state index contributed by atoms with van der Waals surface area (Å²) < 4.78 is 13.8. The highest BCUT2D eigenvalue weighted by molar-refractivity contribution is 5.77. The summed E-state index contributed by atoms with van der Waals surface area (Å²) in [5, 5.41) is 0. The highest BCUT2D eigenvalue weighted by atomic mass is 16.5. The van der Waals surface area contributed by atoms with E-state index in [1.54, 1.807) is 6.33 Å². The summed E-state index contributed by atoms with van der Waals surface area (Å²) in [6, 6.07) is 19.9. The molecule has 4 rings (SSSR count). The lowest BCUT2D eigenvalue weighted by molar-refractivity contribution is 0.277. The molecule has 0 atom stereocenters. The molecule has 2 heterocycles. The van der Waals surface area contributed by atoms with Gasteiger partial charge in [0.25, 0.3) is 5.88 Å². The van der Waals surface area contributed by atoms with Gasteiger partial charge in [-0.25, -0.2) is 4.98 Å². The fourth-order valence-electron chi connectivity index (χ4n) is 2.71. The van der Waals surface area contributed by atoms with Gasteiger partial charge in [0.2, 0.25) is 0 Å². The lowest BCUT2D eigenvalue weighted by Gasteiger charge is -2.11. The van der Waals surface area contributed by atoms with Gasteiger partial charge < -0.3 is 14.0 Å². The van der Waals surface area contributed by atoms with Crippen molar-refractivity contribution in [3.05, 3.63) is 72.6 Å². The Balaban J connectivity index is 1.71. The van der Waals surface area contributed by atoms with Gasteiger partial charge in [0.05, 0.1) is 6.33 Å². The molecule has 0 N–H and O–H groups in total. The minimum Gasteiger partial charge on any atom is -0.458 e. The minimum atomic E-state index is 0.205. The second-order valence-corrected chi connectivity index (χ2v) is 6.42. The average Bonchev–Trinajstić information content (AvgIpc) is 3.13. The lowest BCUT2D eigenvalue weighted by atomic mass is 10.2. The van der Waals surface area contributed by atoms with E-state index >= 15 is 0 Å². The number of fused-ring (bicyclic) bond motifs is 1. The molecule has 2 aromatic heterocycles. The summed E-state index contributed by atoms with van der Waals surface area (Å²) >= 11 is 0. The molecule has 6 heteroatoms. The third-order valence-electron chi connectivity index (χ3n) is 4.09. The quantitative estimate of drug-likeness (QED) is 0.495. The van der Waals surface area contributed by atoms with Gasteiger partial charge in [-0.3, -0.25) is 0 Å². The Labute approximate surface area is 157 Å². The molecule has 0 bridgehead atoms. The molecule has 0 saturated heterocycles. The Morgan fingerprint density at radius 3 is 2.33 bits per heavy atom. The summed E-state index contributed by atoms with van der Waals surface area (Å²) in [4.78, 5) is 13.5. The molecule has 0 aliphatic rings. The summed E-state index contributed by atoms with van der Waals surface area (Å²) in [5.41, 5.74) is 2.35. The van der Waals surface area contributed by atoms with Crippen LogP contribution in [0.2, 0.25) is 0 Å². The van der Waals surface area contributed by atoms with Crippen molar-refractivity contribution >= 4 is 11.2 Å². The van der Waals surface area contributed by atoms with Crippen LogP contribution in [0.1, 0.15) is 25.5 Å². The first-order chi connectivity index (χ1) is 13.2. The highest BCUT2D eigenvalue weighted by Gasteiger charge is 2.17. The number of aromatic nitrogens is 4. The summed E-state index contributed by atoms with van der Waals surface area (Å²) in [7, 11) is 0. The van der Waals surface area contributed by atoms with Crippen LogP contribution in [0.25, 0.3) is 11.2 Å². The largest absolute Gasteiger partial charge is 0.458 e. The van der Waals surface area contributed by atoms with Crippen molar-refractivity contribution in [3.63, 3.8) is 0 Å². The number of rotatable bonds is 6. The van der Waals surface area contributed by atoms with Gasteiger partial charge in [-0.1, -0.05) is 48.5 Å². The van der Waals surface area contributed by atoms with Crippen molar-refractivity contribution in [2.24, 2.45) is 0 Å². The Kier molecular flexibility index (Phi) is 4.70. The Morgan fingerprint density at radius 2 is 1.63 bits per heavy atom. The molecule has 0 unspecified atom stereocenters. The summed E-state index contributed by atoms with van der Waals surface area (Å²) in [5.74, 6) is 1.07. The molecule has 0 spiro atoms. The van der Waals surface area contributed by atoms with Crippen LogP contribution in [0.15, 0.2) is 67.0 Å². The molecule has 0 saturated carbocycles. The first-order valence-corrected chi connectivity index (χ1v) is 8.85. The smallest absolute Gasteiger partial charge is 0.322 e. The van der Waals surface area contributed by atoms with Crippen molar-refractivity contribution in [2.45, 2.75) is 26.5 Å². The molecule has 0 aliphatic carbocycles. The van der Waals surface area contributed by atoms with E-state index in [9.17, 15) is 0 Å². The Morgan fingerprint density at radius 1 is 0.926 bits per heavy atom. The number of hydrogen-bond donors (Lipinski definition) is 0. The van der Waals surface area contributed by atoms with Crippen LogP contribution in [-0.4, -0.2) is 19.5 Å². The number of para-hydroxylation sites is 1. The molecule has 0 radical (unpaired) electrons. The maximum absolute atomic E-state index is 5.97. The number of nitrogens with zero attached hydrogens (tertiary/aromatic N) is 4. The normalized spacial score (nSPS) is 11.1. The van der Waals surface area contributed by atoms with E-state index in [0.717, 1.165) is 5.56 Å². The van der Waals surface area contributed by atoms with E-state index in [0.29, 0.717) is 29.4 Å². The molecule has 6 nitrogen and oxygen atoms in total. The fourth-order valence-corrected chi connectivity index (χ4v) is 2.71. The van der Waals surface area contributed by atoms with Gasteiger partial charge in [0.15, 0.2) is 11.2 Å². The van der Waals surface area contributed by atoms with Crippen LogP contribution in [0, 0.1) is 0 Å². The lowest BCUT2D eigenvalue weighted by Crippen LogP contribution is -2.04. The van der Waals surface area contributed by atoms with E-state index in [1.165, 1.54) is 0 Å². The van der Waals surface area contributed by atoms with Crippen molar-refractivity contribution < 1.29 is 9.47 Å². The maximum atomic E-state index is 5.97. The zero-order chi connectivity index (χ0) is 18.6. The number of ether oxygens (including phenoxy) is 2. The van der Waals surface area contributed by atoms with Crippen LogP contribution >= 0.6 is 0 Å². The average molecular weight is 360 g/mol. The van der Waals surface area contributed by atoms with E-state index in [1.807, 2.05) is 65.2 Å². The van der Waals surface area contributed by atoms with Crippen molar-refractivity contribution in [1.82, 2.24) is 19.5 Å². The van der Waals surface area contributed by atoms with Gasteiger partial charge in [-0.15, -0.1) is 0 Å². The van der Waals surface area contributed by atoms with Gasteiger partial charge in [0.1, 0.15) is 12.4 Å². The third-order valence-corrected chi connectivity index (χ3v) is 4.09. The monoisotopic (exact) mass is 360 g/mol. The molecule has 4 aromatic rings. The van der Waals surface area contributed by atoms with Crippen LogP contribution in [0.4, 0.5) is 0 Å². The molecule has 0 aliphatic heterocycles. The Hall–Kier alpha value is -3.41. The second-order valence-electron chi connectivity index (χ2n) is 6.42. The van der Waals surface area contributed by atoms with Crippen molar-refractivity contribution in [2.75, 3.05) is 0 Å². The predicted octanol–water partition coefficient (Wildman–Crippen LogP) is 4.78. The van der Waals surface area contributed by atoms with Crippen molar-refractivity contribution in [3.8, 4) is 17.6 Å². The molecule has 136 valence electrons. The maximum Gasteiger partial charge on any atom is 0.322 e. The van der Waals surface area contributed by atoms with Crippen LogP contribution in [0.5, 0.6) is 17.6 Å². The standard InChI is InChI=1S/C21H20N4O2/c1-15(2)25-14-22-18-19(25)23-21(26-13-16-9-5-3-6-10-16)24-20(18)27-17-11-7-4-8-12-17/h3-12,14-15H,13H2,1-2H3. The first kappa shape index (κ1) is 17.0. The molecular weight excluding hydrogens is 340 g/mol. The molecule has 2 aromatic carbocycles. The number of hydrogen-bond acceptors (Lipinski definition) is 5. The van der Waals surface area contributed by atoms with Gasteiger partial charge in [0, 0.05) is 6.04 Å². The zero-order valence-electron chi connectivity index (χ0n) is 15.2. The number of imidazole rings is 1. The molecule has 27 heavy (non-hydrogen) atoms. The zero-order valence-corrected chi connectivity index (χ0v) is 15.2. The summed E-state index contributed by atoms with van der Waals surface area (Å²) in [6.45, 7) is 4.53. The highest BCUT2D eigenvalue weighted by Crippen LogP contribution is 2.29. The van der Waals surface area contributed by atoms with E-state index < -0.39 is 0 Å². The van der Waals surface area contributed by atoms with E-state index in [2.05, 4.69) is 28.8 Å².